The number of pyridine rings is 3. The SMILES string of the molecule is C=CCn1ccnc1-c1sc(-c2ccnc(C)c2)cc1-c1ccc(Cl)cc1Cl.C=CCn1ccnc1-c1sc(C)cc1-c1ccc(Cl)cc1Cl.C=CCn1ccnc1-c1sccc1-c1ccc(Cl)cc1Cl.Cc1cc(-c2cc(-c3ccc(Cl)cc3Cl)c(-c3ncc[nH]3)s2)ccn1.Cc1cc(Br)ccn1. The van der Waals surface area contributed by atoms with Gasteiger partial charge in [-0.25, -0.2) is 19.9 Å². The molecule has 0 unspecified atom stereocenters. The van der Waals surface area contributed by atoms with Gasteiger partial charge in [0.1, 0.15) is 5.82 Å². The molecule has 11 heterocycles. The molecule has 1 N–H and O–H groups in total. The minimum Gasteiger partial charge on any atom is -0.344 e. The topological polar surface area (TPSA) is 121 Å². The van der Waals surface area contributed by atoms with Gasteiger partial charge in [0, 0.05) is 209 Å². The number of thiophene rings is 4. The first-order valence-corrected chi connectivity index (χ1v) is 39.0. The van der Waals surface area contributed by atoms with Gasteiger partial charge in [0.2, 0.25) is 0 Å². The lowest BCUT2D eigenvalue weighted by Crippen LogP contribution is -1.96. The Morgan fingerprint density at radius 2 is 0.779 bits per heavy atom. The third-order valence-electron chi connectivity index (χ3n) is 15.5. The first-order chi connectivity index (χ1) is 50.3. The molecule has 4 aromatic carbocycles. The zero-order chi connectivity index (χ0) is 73.6. The van der Waals surface area contributed by atoms with Crippen LogP contribution in [0.4, 0.5) is 0 Å². The van der Waals surface area contributed by atoms with Gasteiger partial charge in [0.25, 0.3) is 0 Å². The van der Waals surface area contributed by atoms with Crippen LogP contribution in [0.25, 0.3) is 108 Å². The first-order valence-electron chi connectivity index (χ1n) is 31.9. The monoisotopic (exact) mass is 1660 g/mol. The van der Waals surface area contributed by atoms with Crippen LogP contribution in [0, 0.1) is 27.7 Å². The van der Waals surface area contributed by atoms with E-state index in [0.29, 0.717) is 46.7 Å². The van der Waals surface area contributed by atoms with Crippen LogP contribution < -0.4 is 0 Å². The molecule has 104 heavy (non-hydrogen) atoms. The minimum absolute atomic E-state index is 0.615. The molecule has 0 fully saturated rings. The van der Waals surface area contributed by atoms with Crippen LogP contribution in [-0.2, 0) is 19.6 Å². The summed E-state index contributed by atoms with van der Waals surface area (Å²) >= 11 is 59.9. The zero-order valence-electron chi connectivity index (χ0n) is 56.1. The number of allylic oxidation sites excluding steroid dienone is 3. The Balaban J connectivity index is 0.000000134. The van der Waals surface area contributed by atoms with Crippen LogP contribution in [0.2, 0.25) is 40.2 Å². The van der Waals surface area contributed by atoms with E-state index in [9.17, 15) is 0 Å². The number of nitrogens with zero attached hydrogens (tertiary/aromatic N) is 10. The molecular formula is C80H62BrCl8N11S4. The smallest absolute Gasteiger partial charge is 0.150 e. The maximum atomic E-state index is 6.55. The molecule has 0 aliphatic carbocycles. The molecular weight excluding hydrogens is 1610 g/mol. The van der Waals surface area contributed by atoms with Crippen molar-refractivity contribution in [2.45, 2.75) is 47.3 Å². The Hall–Kier alpha value is -8.01. The molecule has 0 amide bonds. The van der Waals surface area contributed by atoms with E-state index >= 15 is 0 Å². The lowest BCUT2D eigenvalue weighted by atomic mass is 10.0. The highest BCUT2D eigenvalue weighted by molar-refractivity contribution is 9.10. The summed E-state index contributed by atoms with van der Waals surface area (Å²) in [5.74, 6) is 3.57. The highest BCUT2D eigenvalue weighted by atomic mass is 79.9. The van der Waals surface area contributed by atoms with Crippen LogP contribution in [-0.4, -0.2) is 53.6 Å². The fourth-order valence-corrected chi connectivity index (χ4v) is 17.7. The third kappa shape index (κ3) is 19.2. The second-order valence-corrected chi connectivity index (χ2v) is 31.5. The number of hydrogen-bond acceptors (Lipinski definition) is 11. The lowest BCUT2D eigenvalue weighted by molar-refractivity contribution is 0.834. The summed E-state index contributed by atoms with van der Waals surface area (Å²) in [6, 6.07) is 42.9. The molecule has 0 aliphatic heterocycles. The summed E-state index contributed by atoms with van der Waals surface area (Å²) in [5, 5.41) is 7.07. The average molecular weight is 1670 g/mol. The number of aromatic amines is 1. The molecule has 0 saturated heterocycles. The van der Waals surface area contributed by atoms with Gasteiger partial charge in [0.15, 0.2) is 17.5 Å². The molecule has 0 bridgehead atoms. The van der Waals surface area contributed by atoms with Gasteiger partial charge in [0.05, 0.1) is 19.5 Å². The number of H-pyrrole nitrogens is 1. The van der Waals surface area contributed by atoms with Gasteiger partial charge in [-0.2, -0.15) is 0 Å². The van der Waals surface area contributed by atoms with E-state index in [2.05, 4.69) is 133 Å². The standard InChI is InChI=1S/C22H17Cl2N3S.C19H13Cl2N3S.C17H14Cl2N2S.C16H12Cl2N2S.C6H6BrN/c1-3-9-27-10-8-26-22(27)21-18(17-5-4-16(23)12-19(17)24)13-20(28-21)15-6-7-25-14(2)11-15;1-11-8-12(4-5-22-11)17-10-15(14-3-2-13(20)9-16(14)21)18(25-17)19-23-6-7-24-19;1-3-7-21-8-6-20-17(21)16-14(9-11(2)22-16)13-5-4-12(18)10-15(13)19;1-2-7-20-8-6-19-16(20)15-13(5-9-21-15)12-4-3-11(17)10-14(12)18;1-5-4-6(7)2-3-8-5/h3-8,10-13H,1,9H2,2H3;2-10H,1H3,(H,23,24);3-6,8-10H,1,7H2,2H3;2-6,8-10H,1,7H2;2-4H,1H3. The van der Waals surface area contributed by atoms with E-state index in [0.717, 1.165) is 143 Å². The molecule has 24 heteroatoms. The van der Waals surface area contributed by atoms with Gasteiger partial charge in [-0.15, -0.1) is 65.1 Å². The van der Waals surface area contributed by atoms with Crippen LogP contribution >= 0.6 is 154 Å². The molecule has 11 nitrogen and oxygen atoms in total. The molecule has 0 aliphatic rings. The molecule has 0 radical (unpaired) electrons. The van der Waals surface area contributed by atoms with Crippen LogP contribution in [0.3, 0.4) is 0 Å². The van der Waals surface area contributed by atoms with Crippen molar-refractivity contribution < 1.29 is 0 Å². The Bertz CT molecular complexity index is 5470. The number of rotatable bonds is 16. The molecule has 524 valence electrons. The number of imidazole rings is 4. The van der Waals surface area contributed by atoms with Gasteiger partial charge in [-0.05, 0) is 153 Å². The fraction of sp³-hybridized carbons (Fsp3) is 0.0875. The molecule has 0 saturated carbocycles. The Kier molecular flexibility index (Phi) is 26.9. The lowest BCUT2D eigenvalue weighted by Gasteiger charge is -2.08. The first kappa shape index (κ1) is 77.1. The Labute approximate surface area is 668 Å². The van der Waals surface area contributed by atoms with E-state index in [4.69, 9.17) is 92.8 Å². The number of aryl methyl sites for hydroxylation is 4. The van der Waals surface area contributed by atoms with Crippen molar-refractivity contribution in [1.29, 1.82) is 0 Å². The van der Waals surface area contributed by atoms with Crippen molar-refractivity contribution in [3.63, 3.8) is 0 Å². The maximum Gasteiger partial charge on any atom is 0.150 e. The number of hydrogen-bond donors (Lipinski definition) is 1. The van der Waals surface area contributed by atoms with Gasteiger partial charge in [-0.3, -0.25) is 15.0 Å². The predicted molar refractivity (Wildman–Crippen MR) is 448 cm³/mol. The Morgan fingerprint density at radius 3 is 1.17 bits per heavy atom. The second kappa shape index (κ2) is 36.3. The normalized spacial score (nSPS) is 10.8. The van der Waals surface area contributed by atoms with Crippen molar-refractivity contribution in [3.8, 4) is 108 Å². The molecule has 11 aromatic heterocycles. The van der Waals surface area contributed by atoms with E-state index in [1.807, 2.05) is 161 Å². The van der Waals surface area contributed by atoms with Crippen molar-refractivity contribution in [1.82, 2.24) is 53.6 Å². The fourth-order valence-electron chi connectivity index (χ4n) is 10.9. The van der Waals surface area contributed by atoms with E-state index < -0.39 is 0 Å². The predicted octanol–water partition coefficient (Wildman–Crippen LogP) is 27.6. The number of nitrogens with one attached hydrogen (secondary N) is 1. The molecule has 0 atom stereocenters. The quantitative estimate of drug-likeness (QED) is 0.0957. The summed E-state index contributed by atoms with van der Waals surface area (Å²) in [6.45, 7) is 21.6. The van der Waals surface area contributed by atoms with Crippen molar-refractivity contribution in [3.05, 3.63) is 312 Å². The van der Waals surface area contributed by atoms with Crippen LogP contribution in [0.1, 0.15) is 22.0 Å². The minimum atomic E-state index is 0.615. The average Bonchev–Trinajstić information content (AvgIpc) is 1.67. The second-order valence-electron chi connectivity index (χ2n) is 23.0. The summed E-state index contributed by atoms with van der Waals surface area (Å²) < 4.78 is 7.30. The summed E-state index contributed by atoms with van der Waals surface area (Å²) in [5.41, 5.74) is 13.3. The summed E-state index contributed by atoms with van der Waals surface area (Å²) in [6.07, 6.45) is 25.9. The number of halogens is 9. The van der Waals surface area contributed by atoms with Crippen molar-refractivity contribution in [2.24, 2.45) is 0 Å². The molecule has 15 aromatic rings. The molecule has 15 rings (SSSR count). The maximum absolute atomic E-state index is 6.55. The highest BCUT2D eigenvalue weighted by Crippen LogP contribution is 2.48. The Morgan fingerprint density at radius 1 is 0.385 bits per heavy atom. The van der Waals surface area contributed by atoms with E-state index in [1.165, 1.54) is 4.88 Å². The summed E-state index contributed by atoms with van der Waals surface area (Å²) in [4.78, 5) is 41.6. The largest absolute Gasteiger partial charge is 0.344 e. The van der Waals surface area contributed by atoms with E-state index in [1.54, 1.807) is 94.4 Å². The highest BCUT2D eigenvalue weighted by Gasteiger charge is 2.23. The van der Waals surface area contributed by atoms with Gasteiger partial charge >= 0.3 is 0 Å². The number of benzene rings is 4. The third-order valence-corrected chi connectivity index (χ3v) is 22.5. The van der Waals surface area contributed by atoms with Crippen molar-refractivity contribution in [2.75, 3.05) is 0 Å². The van der Waals surface area contributed by atoms with Crippen molar-refractivity contribution >= 4 is 154 Å². The van der Waals surface area contributed by atoms with Crippen LogP contribution in [0.5, 0.6) is 0 Å². The van der Waals surface area contributed by atoms with Gasteiger partial charge in [-0.1, -0.05) is 151 Å². The number of aromatic nitrogens is 11. The summed E-state index contributed by atoms with van der Waals surface area (Å²) in [7, 11) is 0. The molecule has 0 spiro atoms. The van der Waals surface area contributed by atoms with E-state index in [-0.39, 0.29) is 0 Å². The van der Waals surface area contributed by atoms with Gasteiger partial charge < -0.3 is 18.7 Å². The zero-order valence-corrected chi connectivity index (χ0v) is 67.0. The van der Waals surface area contributed by atoms with Crippen LogP contribution in [0.15, 0.2) is 249 Å².